The summed E-state index contributed by atoms with van der Waals surface area (Å²) in [7, 11) is 0. The van der Waals surface area contributed by atoms with Crippen molar-refractivity contribution in [1.82, 2.24) is 4.57 Å². The Balaban J connectivity index is 2.07. The molecule has 106 valence electrons. The van der Waals surface area contributed by atoms with Gasteiger partial charge in [-0.2, -0.15) is 0 Å². The number of ether oxygens (including phenoxy) is 1. The first-order valence-corrected chi connectivity index (χ1v) is 6.75. The van der Waals surface area contributed by atoms with E-state index in [0.717, 1.165) is 5.39 Å². The molecule has 2 aromatic rings. The number of aromatic nitrogens is 1. The molecule has 0 radical (unpaired) electrons. The van der Waals surface area contributed by atoms with Gasteiger partial charge >= 0.3 is 0 Å². The minimum atomic E-state index is -1.10. The topological polar surface area (TPSA) is 71.7 Å². The monoisotopic (exact) mass is 275 g/mol. The minimum Gasteiger partial charge on any atom is -0.388 e. The van der Waals surface area contributed by atoms with Gasteiger partial charge in [0.1, 0.15) is 12.2 Å². The van der Waals surface area contributed by atoms with Crippen LogP contribution in [0.15, 0.2) is 41.3 Å². The lowest BCUT2D eigenvalue weighted by molar-refractivity contribution is -0.0394. The lowest BCUT2D eigenvalue weighted by Crippen LogP contribution is -2.34. The number of fused-ring (bicyclic) bond motifs is 1. The molecular weight excluding hydrogens is 258 g/mol. The molecule has 0 spiro atoms. The van der Waals surface area contributed by atoms with Gasteiger partial charge in [0.15, 0.2) is 6.23 Å². The predicted octanol–water partition coefficient (Wildman–Crippen LogP) is 1.03. The van der Waals surface area contributed by atoms with E-state index in [1.807, 2.05) is 19.1 Å². The quantitative estimate of drug-likeness (QED) is 0.858. The van der Waals surface area contributed by atoms with Crippen LogP contribution >= 0.6 is 0 Å². The third-order valence-electron chi connectivity index (χ3n) is 3.85. The van der Waals surface area contributed by atoms with Crippen LogP contribution in [0.4, 0.5) is 0 Å². The molecule has 1 unspecified atom stereocenters. The van der Waals surface area contributed by atoms with Gasteiger partial charge in [-0.3, -0.25) is 9.36 Å². The summed E-state index contributed by atoms with van der Waals surface area (Å²) in [5.74, 6) is 0. The molecule has 2 heterocycles. The van der Waals surface area contributed by atoms with Crippen LogP contribution in [0.3, 0.4) is 0 Å². The fraction of sp³-hybridized carbons (Fsp3) is 0.400. The number of hydrogen-bond acceptors (Lipinski definition) is 4. The van der Waals surface area contributed by atoms with Gasteiger partial charge in [-0.1, -0.05) is 25.1 Å². The average Bonchev–Trinajstić information content (AvgIpc) is 2.76. The van der Waals surface area contributed by atoms with E-state index in [1.165, 1.54) is 4.57 Å². The number of aliphatic hydroxyl groups excluding tert-OH is 2. The SMILES string of the molecule is CC[C@H]1OC(n2ccc3ccccc3c2=O)[C@H](O)[C@@H]1O. The normalized spacial score (nSPS) is 29.9. The van der Waals surface area contributed by atoms with Gasteiger partial charge in [0.25, 0.3) is 5.56 Å². The first-order valence-electron chi connectivity index (χ1n) is 6.75. The highest BCUT2D eigenvalue weighted by molar-refractivity contribution is 5.81. The van der Waals surface area contributed by atoms with Crippen molar-refractivity contribution in [3.8, 4) is 0 Å². The lowest BCUT2D eigenvalue weighted by Gasteiger charge is -2.18. The van der Waals surface area contributed by atoms with E-state index in [0.29, 0.717) is 11.8 Å². The second-order valence-corrected chi connectivity index (χ2v) is 5.07. The number of hydrogen-bond donors (Lipinski definition) is 2. The van der Waals surface area contributed by atoms with Crippen LogP contribution in [-0.2, 0) is 4.74 Å². The van der Waals surface area contributed by atoms with E-state index < -0.39 is 24.5 Å². The lowest BCUT2D eigenvalue weighted by atomic mass is 10.1. The smallest absolute Gasteiger partial charge is 0.260 e. The maximum Gasteiger partial charge on any atom is 0.260 e. The van der Waals surface area contributed by atoms with Crippen molar-refractivity contribution in [1.29, 1.82) is 0 Å². The summed E-state index contributed by atoms with van der Waals surface area (Å²) < 4.78 is 6.97. The third-order valence-corrected chi connectivity index (χ3v) is 3.85. The Hall–Kier alpha value is -1.69. The van der Waals surface area contributed by atoms with E-state index in [1.54, 1.807) is 24.4 Å². The number of nitrogens with zero attached hydrogens (tertiary/aromatic N) is 1. The van der Waals surface area contributed by atoms with Gasteiger partial charge in [-0.05, 0) is 23.9 Å². The predicted molar refractivity (Wildman–Crippen MR) is 74.4 cm³/mol. The van der Waals surface area contributed by atoms with Gasteiger partial charge in [-0.15, -0.1) is 0 Å². The second kappa shape index (κ2) is 5.01. The second-order valence-electron chi connectivity index (χ2n) is 5.07. The Morgan fingerprint density at radius 2 is 1.95 bits per heavy atom. The number of rotatable bonds is 2. The van der Waals surface area contributed by atoms with E-state index in [4.69, 9.17) is 4.74 Å². The van der Waals surface area contributed by atoms with Crippen LogP contribution in [0.1, 0.15) is 19.6 Å². The van der Waals surface area contributed by atoms with Crippen molar-refractivity contribution in [3.63, 3.8) is 0 Å². The van der Waals surface area contributed by atoms with E-state index in [2.05, 4.69) is 0 Å². The summed E-state index contributed by atoms with van der Waals surface area (Å²) in [5, 5.41) is 21.4. The highest BCUT2D eigenvalue weighted by Gasteiger charge is 2.42. The molecule has 1 aromatic carbocycles. The van der Waals surface area contributed by atoms with Crippen molar-refractivity contribution in [2.24, 2.45) is 0 Å². The van der Waals surface area contributed by atoms with E-state index in [9.17, 15) is 15.0 Å². The van der Waals surface area contributed by atoms with Crippen molar-refractivity contribution in [2.75, 3.05) is 0 Å². The zero-order valence-corrected chi connectivity index (χ0v) is 11.1. The standard InChI is InChI=1S/C15H17NO4/c1-2-11-12(17)13(18)15(20-11)16-8-7-9-5-3-4-6-10(9)14(16)19/h3-8,11-13,15,17-18H,2H2,1H3/t11-,12-,13-,15?/m1/s1. The summed E-state index contributed by atoms with van der Waals surface area (Å²) in [5.41, 5.74) is -0.226. The molecule has 4 atom stereocenters. The zero-order valence-electron chi connectivity index (χ0n) is 11.1. The summed E-state index contributed by atoms with van der Waals surface area (Å²) in [6.45, 7) is 1.87. The highest BCUT2D eigenvalue weighted by Crippen LogP contribution is 2.30. The Labute approximate surface area is 116 Å². The molecule has 1 aliphatic rings. The van der Waals surface area contributed by atoms with Gasteiger partial charge < -0.3 is 14.9 Å². The Morgan fingerprint density at radius 3 is 2.65 bits per heavy atom. The van der Waals surface area contributed by atoms with Crippen molar-refractivity contribution in [2.45, 2.75) is 37.9 Å². The van der Waals surface area contributed by atoms with E-state index in [-0.39, 0.29) is 5.56 Å². The largest absolute Gasteiger partial charge is 0.388 e. The molecule has 1 fully saturated rings. The average molecular weight is 275 g/mol. The molecule has 2 N–H and O–H groups in total. The molecule has 3 rings (SSSR count). The molecule has 20 heavy (non-hydrogen) atoms. The van der Waals surface area contributed by atoms with Gasteiger partial charge in [-0.25, -0.2) is 0 Å². The molecule has 1 saturated heterocycles. The maximum absolute atomic E-state index is 12.5. The Kier molecular flexibility index (Phi) is 3.33. The Morgan fingerprint density at radius 1 is 1.20 bits per heavy atom. The molecule has 0 amide bonds. The first kappa shape index (κ1) is 13.3. The van der Waals surface area contributed by atoms with Gasteiger partial charge in [0, 0.05) is 11.6 Å². The van der Waals surface area contributed by atoms with Crippen LogP contribution in [-0.4, -0.2) is 33.1 Å². The van der Waals surface area contributed by atoms with Crippen molar-refractivity contribution in [3.05, 3.63) is 46.9 Å². The minimum absolute atomic E-state index is 0.226. The molecular formula is C15H17NO4. The molecule has 1 aromatic heterocycles. The fourth-order valence-electron chi connectivity index (χ4n) is 2.70. The summed E-state index contributed by atoms with van der Waals surface area (Å²) >= 11 is 0. The fourth-order valence-corrected chi connectivity index (χ4v) is 2.70. The summed E-state index contributed by atoms with van der Waals surface area (Å²) in [6, 6.07) is 9.06. The van der Waals surface area contributed by atoms with Crippen molar-refractivity contribution >= 4 is 10.8 Å². The number of benzene rings is 1. The van der Waals surface area contributed by atoms with Crippen LogP contribution in [0.25, 0.3) is 10.8 Å². The zero-order chi connectivity index (χ0) is 14.3. The van der Waals surface area contributed by atoms with Crippen LogP contribution in [0.5, 0.6) is 0 Å². The van der Waals surface area contributed by atoms with Gasteiger partial charge in [0.2, 0.25) is 0 Å². The molecule has 5 nitrogen and oxygen atoms in total. The Bertz CT molecular complexity index is 681. The molecule has 5 heteroatoms. The maximum atomic E-state index is 12.5. The van der Waals surface area contributed by atoms with Crippen LogP contribution in [0.2, 0.25) is 0 Å². The third kappa shape index (κ3) is 1.95. The number of pyridine rings is 1. The molecule has 1 aliphatic heterocycles. The molecule has 0 aliphatic carbocycles. The summed E-state index contributed by atoms with van der Waals surface area (Å²) in [4.78, 5) is 12.5. The molecule has 0 bridgehead atoms. The van der Waals surface area contributed by atoms with E-state index >= 15 is 0 Å². The van der Waals surface area contributed by atoms with Crippen LogP contribution < -0.4 is 5.56 Å². The van der Waals surface area contributed by atoms with Gasteiger partial charge in [0.05, 0.1) is 6.10 Å². The highest BCUT2D eigenvalue weighted by atomic mass is 16.6. The van der Waals surface area contributed by atoms with Crippen LogP contribution in [0, 0.1) is 0 Å². The molecule has 0 saturated carbocycles. The van der Waals surface area contributed by atoms with Crippen molar-refractivity contribution < 1.29 is 14.9 Å². The first-order chi connectivity index (χ1) is 9.63. The summed E-state index contributed by atoms with van der Waals surface area (Å²) in [6.07, 6.45) is -1.18. The number of aliphatic hydroxyl groups is 2.